The highest BCUT2D eigenvalue weighted by molar-refractivity contribution is 7.47. The average molecular weight is 1330 g/mol. The van der Waals surface area contributed by atoms with Crippen LogP contribution in [0.4, 0.5) is 0 Å². The number of carbonyl (C=O) groups excluding carboxylic acids is 4. The minimum Gasteiger partial charge on any atom is -0.462 e. The molecule has 0 spiro atoms. The van der Waals surface area contributed by atoms with Crippen LogP contribution in [0.1, 0.15) is 351 Å². The summed E-state index contributed by atoms with van der Waals surface area (Å²) in [4.78, 5) is 72.6. The van der Waals surface area contributed by atoms with Gasteiger partial charge < -0.3 is 33.8 Å². The first kappa shape index (κ1) is 88.1. The molecule has 0 aromatic rings. The Kier molecular flexibility index (Phi) is 59.4. The minimum atomic E-state index is -4.95. The van der Waals surface area contributed by atoms with Gasteiger partial charge in [-0.15, -0.1) is 0 Å². The zero-order chi connectivity index (χ0) is 66.8. The summed E-state index contributed by atoms with van der Waals surface area (Å²) < 4.78 is 68.3. The highest BCUT2D eigenvalue weighted by Crippen LogP contribution is 2.45. The van der Waals surface area contributed by atoms with Crippen molar-refractivity contribution in [2.75, 3.05) is 39.6 Å². The quantitative estimate of drug-likeness (QED) is 0.0222. The number of hydrogen-bond acceptors (Lipinski definition) is 15. The van der Waals surface area contributed by atoms with Gasteiger partial charge in [0.15, 0.2) is 12.2 Å². The number of unbranched alkanes of at least 4 members (excludes halogenated alkanes) is 33. The Morgan fingerprint density at radius 1 is 0.311 bits per heavy atom. The molecule has 0 heterocycles. The molecule has 0 rings (SSSR count). The number of phosphoric ester groups is 2. The molecule has 0 aliphatic carbocycles. The lowest BCUT2D eigenvalue weighted by molar-refractivity contribution is -0.161. The molecule has 0 bridgehead atoms. The molecule has 0 saturated heterocycles. The fourth-order valence-electron chi connectivity index (χ4n) is 10.6. The maximum Gasteiger partial charge on any atom is 0.472 e. The number of hydrogen-bond donors (Lipinski definition) is 3. The lowest BCUT2D eigenvalue weighted by atomic mass is 10.00. The molecular formula is C71H138O17P2. The number of rotatable bonds is 68. The predicted octanol–water partition coefficient (Wildman–Crippen LogP) is 20.1. The van der Waals surface area contributed by atoms with Crippen LogP contribution in [-0.4, -0.2) is 96.7 Å². The normalized spacial score (nSPS) is 14.6. The Hall–Kier alpha value is -1.94. The summed E-state index contributed by atoms with van der Waals surface area (Å²) >= 11 is 0. The standard InChI is InChI=1S/C71H138O17P2/c1-9-64(8)50-42-34-29-30-36-44-52-69(74)82-58-67(87-70(75)53-45-37-27-21-16-12-10-11-14-18-23-31-39-47-61(2)3)60-86-90(79,80)84-56-65(72)55-83-89(77,78)85-59-66(88-71(76)54-46-38-28-22-25-33-41-49-63(6)7)57-81-68(73)51-43-35-26-20-17-13-15-19-24-32-40-48-62(4)5/h61-67,72H,9-60H2,1-8H3,(H,77,78)(H,79,80)/t64?,65-,66-,67-/m1/s1. The first-order valence-electron chi connectivity index (χ1n) is 36.7. The molecule has 17 nitrogen and oxygen atoms in total. The van der Waals surface area contributed by atoms with Gasteiger partial charge in [0.1, 0.15) is 19.3 Å². The van der Waals surface area contributed by atoms with Crippen LogP contribution in [0.3, 0.4) is 0 Å². The summed E-state index contributed by atoms with van der Waals surface area (Å²) in [7, 11) is -9.90. The van der Waals surface area contributed by atoms with Crippen LogP contribution < -0.4 is 0 Å². The Morgan fingerprint density at radius 3 is 0.789 bits per heavy atom. The molecule has 0 amide bonds. The van der Waals surface area contributed by atoms with Crippen LogP contribution in [0.15, 0.2) is 0 Å². The van der Waals surface area contributed by atoms with Crippen molar-refractivity contribution >= 4 is 39.5 Å². The van der Waals surface area contributed by atoms with Gasteiger partial charge in [0.25, 0.3) is 0 Å². The maximum atomic E-state index is 13.0. The van der Waals surface area contributed by atoms with Crippen molar-refractivity contribution in [2.24, 2.45) is 23.7 Å². The van der Waals surface area contributed by atoms with Crippen LogP contribution in [0.25, 0.3) is 0 Å². The number of aliphatic hydroxyl groups is 1. The Morgan fingerprint density at radius 2 is 0.533 bits per heavy atom. The van der Waals surface area contributed by atoms with Gasteiger partial charge in [0, 0.05) is 25.7 Å². The number of esters is 4. The highest BCUT2D eigenvalue weighted by atomic mass is 31.2. The van der Waals surface area contributed by atoms with E-state index in [2.05, 4.69) is 55.4 Å². The maximum absolute atomic E-state index is 13.0. The Labute approximate surface area is 549 Å². The van der Waals surface area contributed by atoms with E-state index in [4.69, 9.17) is 37.0 Å². The van der Waals surface area contributed by atoms with Gasteiger partial charge in [-0.1, -0.05) is 299 Å². The number of phosphoric acid groups is 2. The Balaban J connectivity index is 5.23. The van der Waals surface area contributed by atoms with Crippen LogP contribution in [0.2, 0.25) is 0 Å². The van der Waals surface area contributed by atoms with Crippen LogP contribution >= 0.6 is 15.6 Å². The molecule has 3 unspecified atom stereocenters. The zero-order valence-corrected chi connectivity index (χ0v) is 60.6. The molecule has 19 heteroatoms. The number of carbonyl (C=O) groups is 4. The summed E-state index contributed by atoms with van der Waals surface area (Å²) in [6.45, 7) is 14.1. The van der Waals surface area contributed by atoms with Crippen molar-refractivity contribution in [1.29, 1.82) is 0 Å². The second kappa shape index (κ2) is 60.7. The van der Waals surface area contributed by atoms with E-state index in [1.54, 1.807) is 0 Å². The van der Waals surface area contributed by atoms with E-state index in [0.29, 0.717) is 31.6 Å². The summed E-state index contributed by atoms with van der Waals surface area (Å²) in [5.41, 5.74) is 0. The third-order valence-electron chi connectivity index (χ3n) is 16.7. The van der Waals surface area contributed by atoms with Crippen molar-refractivity contribution in [3.63, 3.8) is 0 Å². The smallest absolute Gasteiger partial charge is 0.462 e. The molecule has 90 heavy (non-hydrogen) atoms. The summed E-state index contributed by atoms with van der Waals surface area (Å²) in [6.07, 6.45) is 43.2. The lowest BCUT2D eigenvalue weighted by Gasteiger charge is -2.21. The fraction of sp³-hybridized carbons (Fsp3) is 0.944. The van der Waals surface area contributed by atoms with E-state index < -0.39 is 97.5 Å². The van der Waals surface area contributed by atoms with E-state index in [1.165, 1.54) is 148 Å². The first-order chi connectivity index (χ1) is 43.1. The monoisotopic (exact) mass is 1320 g/mol. The number of aliphatic hydroxyl groups excluding tert-OH is 1. The van der Waals surface area contributed by atoms with Crippen molar-refractivity contribution < 1.29 is 80.2 Å². The first-order valence-corrected chi connectivity index (χ1v) is 39.7. The molecule has 0 aliphatic rings. The van der Waals surface area contributed by atoms with Crippen LogP contribution in [-0.2, 0) is 65.4 Å². The molecule has 0 fully saturated rings. The van der Waals surface area contributed by atoms with E-state index in [1.807, 2.05) is 0 Å². The zero-order valence-electron chi connectivity index (χ0n) is 58.8. The van der Waals surface area contributed by atoms with Crippen molar-refractivity contribution in [3.8, 4) is 0 Å². The minimum absolute atomic E-state index is 0.103. The SMILES string of the molecule is CCC(C)CCCCCCCCC(=O)OC[C@H](COP(=O)(O)OC[C@H](O)COP(=O)(O)OC[C@@H](COC(=O)CCCCCCCCCCCCCC(C)C)OC(=O)CCCCCCCCCC(C)C)OC(=O)CCCCCCCCCCCCCCCC(C)C. The van der Waals surface area contributed by atoms with E-state index in [0.717, 1.165) is 114 Å². The predicted molar refractivity (Wildman–Crippen MR) is 363 cm³/mol. The average Bonchev–Trinajstić information content (AvgIpc) is 2.77. The van der Waals surface area contributed by atoms with E-state index in [-0.39, 0.29) is 25.7 Å². The summed E-state index contributed by atoms with van der Waals surface area (Å²) in [5, 5.41) is 10.6. The second-order valence-corrected chi connectivity index (χ2v) is 30.2. The molecule has 0 aliphatic heterocycles. The topological polar surface area (TPSA) is 237 Å². The molecule has 6 atom stereocenters. The van der Waals surface area contributed by atoms with Crippen molar-refractivity contribution in [3.05, 3.63) is 0 Å². The third kappa shape index (κ3) is 63.5. The van der Waals surface area contributed by atoms with Crippen LogP contribution in [0.5, 0.6) is 0 Å². The third-order valence-corrected chi connectivity index (χ3v) is 18.6. The van der Waals surface area contributed by atoms with Gasteiger partial charge in [0.2, 0.25) is 0 Å². The van der Waals surface area contributed by atoms with Crippen LogP contribution in [0, 0.1) is 23.7 Å². The van der Waals surface area contributed by atoms with Gasteiger partial charge in [-0.25, -0.2) is 9.13 Å². The molecule has 0 aromatic carbocycles. The highest BCUT2D eigenvalue weighted by Gasteiger charge is 2.30. The molecule has 534 valence electrons. The van der Waals surface area contributed by atoms with Gasteiger partial charge in [-0.05, 0) is 49.4 Å². The molecule has 0 saturated carbocycles. The number of ether oxygens (including phenoxy) is 4. The molecule has 0 aromatic heterocycles. The molecule has 0 radical (unpaired) electrons. The van der Waals surface area contributed by atoms with Crippen molar-refractivity contribution in [2.45, 2.75) is 369 Å². The second-order valence-electron chi connectivity index (χ2n) is 27.3. The fourth-order valence-corrected chi connectivity index (χ4v) is 12.2. The van der Waals surface area contributed by atoms with E-state index >= 15 is 0 Å². The van der Waals surface area contributed by atoms with E-state index in [9.17, 15) is 43.2 Å². The van der Waals surface area contributed by atoms with Gasteiger partial charge in [0.05, 0.1) is 26.4 Å². The van der Waals surface area contributed by atoms with Gasteiger partial charge >= 0.3 is 39.5 Å². The largest absolute Gasteiger partial charge is 0.472 e. The van der Waals surface area contributed by atoms with Gasteiger partial charge in [-0.3, -0.25) is 37.3 Å². The molecular weight excluding hydrogens is 1190 g/mol. The van der Waals surface area contributed by atoms with Gasteiger partial charge in [-0.2, -0.15) is 0 Å². The van der Waals surface area contributed by atoms with Crippen molar-refractivity contribution in [1.82, 2.24) is 0 Å². The summed E-state index contributed by atoms with van der Waals surface area (Å²) in [5.74, 6) is 0.854. The summed E-state index contributed by atoms with van der Waals surface area (Å²) in [6, 6.07) is 0. The Bertz CT molecular complexity index is 1780. The molecule has 3 N–H and O–H groups in total. The lowest BCUT2D eigenvalue weighted by Crippen LogP contribution is -2.30.